The van der Waals surface area contributed by atoms with Crippen molar-refractivity contribution in [1.82, 2.24) is 10.3 Å². The number of ether oxygens (including phenoxy) is 2. The first-order valence-corrected chi connectivity index (χ1v) is 9.20. The lowest BCUT2D eigenvalue weighted by Gasteiger charge is -2.13. The minimum Gasteiger partial charge on any atom is -0.487 e. The van der Waals surface area contributed by atoms with Crippen LogP contribution in [-0.2, 0) is 0 Å². The summed E-state index contributed by atoms with van der Waals surface area (Å²) in [7, 11) is 0. The number of carbonyl (C=O) groups is 1. The van der Waals surface area contributed by atoms with Gasteiger partial charge in [-0.2, -0.15) is 0 Å². The standard InChI is InChI=1S/C21H16F2N4O3/c22-10-1-3-15(14(23)7-10)26-21(28)27-19-18-13-8-11(2-4-16(13)30-20(18)19)29-12-5-6-25-17(24)9-12/h1-9,18-20H,(H2,24,25)(H2,26,27,28)/t18-,19?,20-/m0/s1. The van der Waals surface area contributed by atoms with E-state index in [9.17, 15) is 13.6 Å². The number of benzene rings is 2. The van der Waals surface area contributed by atoms with Gasteiger partial charge in [-0.1, -0.05) is 0 Å². The van der Waals surface area contributed by atoms with E-state index < -0.39 is 17.7 Å². The fraction of sp³-hybridized carbons (Fsp3) is 0.143. The maximum absolute atomic E-state index is 13.7. The summed E-state index contributed by atoms with van der Waals surface area (Å²) in [6, 6.07) is 10.9. The summed E-state index contributed by atoms with van der Waals surface area (Å²) in [6.45, 7) is 0. The zero-order valence-corrected chi connectivity index (χ0v) is 15.4. The molecule has 1 fully saturated rings. The monoisotopic (exact) mass is 410 g/mol. The molecule has 2 aromatic carbocycles. The summed E-state index contributed by atoms with van der Waals surface area (Å²) < 4.78 is 38.4. The molecule has 0 spiro atoms. The van der Waals surface area contributed by atoms with Gasteiger partial charge in [0.15, 0.2) is 0 Å². The number of nitrogens with zero attached hydrogens (tertiary/aromatic N) is 1. The average Bonchev–Trinajstić information content (AvgIpc) is 3.21. The summed E-state index contributed by atoms with van der Waals surface area (Å²) in [5.41, 5.74) is 6.48. The summed E-state index contributed by atoms with van der Waals surface area (Å²) in [5.74, 6) is 0.654. The summed E-state index contributed by atoms with van der Waals surface area (Å²) in [5, 5.41) is 5.14. The Bertz CT molecular complexity index is 1160. The van der Waals surface area contributed by atoms with Gasteiger partial charge in [0.2, 0.25) is 0 Å². The molecule has 7 nitrogen and oxygen atoms in total. The van der Waals surface area contributed by atoms with Gasteiger partial charge in [-0.3, -0.25) is 0 Å². The van der Waals surface area contributed by atoms with Crippen LogP contribution in [-0.4, -0.2) is 23.2 Å². The van der Waals surface area contributed by atoms with Gasteiger partial charge in [0, 0.05) is 23.9 Å². The van der Waals surface area contributed by atoms with Crippen LogP contribution in [0.15, 0.2) is 54.7 Å². The molecule has 3 atom stereocenters. The number of pyridine rings is 1. The number of rotatable bonds is 4. The van der Waals surface area contributed by atoms with Crippen molar-refractivity contribution in [3.8, 4) is 17.2 Å². The Hall–Kier alpha value is -3.88. The molecule has 4 N–H and O–H groups in total. The predicted molar refractivity (Wildman–Crippen MR) is 105 cm³/mol. The van der Waals surface area contributed by atoms with E-state index in [2.05, 4.69) is 15.6 Å². The Labute approximate surface area is 169 Å². The van der Waals surface area contributed by atoms with Crippen molar-refractivity contribution in [1.29, 1.82) is 0 Å². The second-order valence-electron chi connectivity index (χ2n) is 7.07. The first-order chi connectivity index (χ1) is 14.5. The second kappa shape index (κ2) is 6.87. The summed E-state index contributed by atoms with van der Waals surface area (Å²) in [4.78, 5) is 16.1. The van der Waals surface area contributed by atoms with Gasteiger partial charge < -0.3 is 25.8 Å². The number of hydrogen-bond acceptors (Lipinski definition) is 5. The van der Waals surface area contributed by atoms with Crippen molar-refractivity contribution >= 4 is 17.5 Å². The van der Waals surface area contributed by atoms with E-state index in [1.165, 1.54) is 6.07 Å². The van der Waals surface area contributed by atoms with Crippen LogP contribution in [0.3, 0.4) is 0 Å². The molecule has 1 unspecified atom stereocenters. The van der Waals surface area contributed by atoms with Crippen LogP contribution in [0.5, 0.6) is 17.2 Å². The van der Waals surface area contributed by atoms with Crippen molar-refractivity contribution in [3.05, 3.63) is 71.9 Å². The predicted octanol–water partition coefficient (Wildman–Crippen LogP) is 3.78. The van der Waals surface area contributed by atoms with E-state index >= 15 is 0 Å². The quantitative estimate of drug-likeness (QED) is 0.608. The van der Waals surface area contributed by atoms with E-state index in [0.717, 1.165) is 17.4 Å². The molecule has 2 heterocycles. The molecular weight excluding hydrogens is 394 g/mol. The second-order valence-corrected chi connectivity index (χ2v) is 7.07. The normalized spacial score (nSPS) is 20.5. The highest BCUT2D eigenvalue weighted by Gasteiger charge is 2.59. The number of anilines is 2. The lowest BCUT2D eigenvalue weighted by Crippen LogP contribution is -2.34. The molecule has 3 aromatic rings. The number of nitrogens with two attached hydrogens (primary N) is 1. The van der Waals surface area contributed by atoms with Crippen LogP contribution < -0.4 is 25.8 Å². The highest BCUT2D eigenvalue weighted by molar-refractivity contribution is 5.90. The molecule has 2 aliphatic rings. The van der Waals surface area contributed by atoms with Gasteiger partial charge in [0.05, 0.1) is 17.6 Å². The number of urea groups is 1. The van der Waals surface area contributed by atoms with Crippen molar-refractivity contribution in [2.24, 2.45) is 0 Å². The van der Waals surface area contributed by atoms with E-state index in [0.29, 0.717) is 23.4 Å². The minimum absolute atomic E-state index is 0.0325. The van der Waals surface area contributed by atoms with Crippen molar-refractivity contribution in [2.45, 2.75) is 18.1 Å². The van der Waals surface area contributed by atoms with E-state index in [-0.39, 0.29) is 23.8 Å². The van der Waals surface area contributed by atoms with Gasteiger partial charge in [0.25, 0.3) is 0 Å². The number of carbonyl (C=O) groups excluding carboxylic acids is 1. The lowest BCUT2D eigenvalue weighted by molar-refractivity contribution is 0.246. The summed E-state index contributed by atoms with van der Waals surface area (Å²) in [6.07, 6.45) is 1.36. The summed E-state index contributed by atoms with van der Waals surface area (Å²) >= 11 is 0. The fourth-order valence-corrected chi connectivity index (χ4v) is 3.60. The maximum Gasteiger partial charge on any atom is 0.319 e. The first-order valence-electron chi connectivity index (χ1n) is 9.20. The Morgan fingerprint density at radius 3 is 2.73 bits per heavy atom. The van der Waals surface area contributed by atoms with Crippen molar-refractivity contribution < 1.29 is 23.0 Å². The van der Waals surface area contributed by atoms with Crippen LogP contribution in [0.2, 0.25) is 0 Å². The molecule has 1 saturated carbocycles. The number of amides is 2. The van der Waals surface area contributed by atoms with E-state index in [1.807, 2.05) is 12.1 Å². The van der Waals surface area contributed by atoms with Crippen molar-refractivity contribution in [2.75, 3.05) is 11.1 Å². The van der Waals surface area contributed by atoms with E-state index in [4.69, 9.17) is 15.2 Å². The number of halogens is 2. The highest BCUT2D eigenvalue weighted by Crippen LogP contribution is 2.54. The Kier molecular flexibility index (Phi) is 4.16. The minimum atomic E-state index is -0.846. The van der Waals surface area contributed by atoms with Crippen LogP contribution in [0.1, 0.15) is 11.5 Å². The number of fused-ring (bicyclic) bond motifs is 3. The van der Waals surface area contributed by atoms with Gasteiger partial charge >= 0.3 is 6.03 Å². The lowest BCUT2D eigenvalue weighted by atomic mass is 10.1. The average molecular weight is 410 g/mol. The molecule has 1 aliphatic heterocycles. The molecule has 0 bridgehead atoms. The topological polar surface area (TPSA) is 98.5 Å². The molecule has 152 valence electrons. The largest absolute Gasteiger partial charge is 0.487 e. The Balaban J connectivity index is 1.25. The molecular formula is C21H16F2N4O3. The fourth-order valence-electron chi connectivity index (χ4n) is 3.60. The third-order valence-electron chi connectivity index (χ3n) is 5.02. The van der Waals surface area contributed by atoms with E-state index in [1.54, 1.807) is 24.4 Å². The van der Waals surface area contributed by atoms with Gasteiger partial charge in [-0.15, -0.1) is 0 Å². The van der Waals surface area contributed by atoms with Gasteiger partial charge in [-0.25, -0.2) is 18.6 Å². The zero-order chi connectivity index (χ0) is 20.8. The Morgan fingerprint density at radius 2 is 1.93 bits per heavy atom. The van der Waals surface area contributed by atoms with Gasteiger partial charge in [-0.05, 0) is 36.4 Å². The zero-order valence-electron chi connectivity index (χ0n) is 15.4. The van der Waals surface area contributed by atoms with Crippen LogP contribution in [0, 0.1) is 11.6 Å². The van der Waals surface area contributed by atoms with Crippen LogP contribution in [0.25, 0.3) is 0 Å². The SMILES string of the molecule is Nc1cc(Oc2ccc3c(c2)[C@H]2C(NC(=O)Nc4ccc(F)cc4F)[C@H]2O3)ccn1. The number of hydrogen-bond donors (Lipinski definition) is 3. The smallest absolute Gasteiger partial charge is 0.319 e. The Morgan fingerprint density at radius 1 is 1.10 bits per heavy atom. The number of aromatic nitrogens is 1. The molecule has 2 amide bonds. The third-order valence-corrected chi connectivity index (χ3v) is 5.02. The molecule has 5 rings (SSSR count). The maximum atomic E-state index is 13.7. The third kappa shape index (κ3) is 3.34. The number of nitrogen functional groups attached to an aromatic ring is 1. The number of nitrogens with one attached hydrogen (secondary N) is 2. The molecule has 0 radical (unpaired) electrons. The molecule has 30 heavy (non-hydrogen) atoms. The molecule has 0 saturated heterocycles. The molecule has 1 aliphatic carbocycles. The van der Waals surface area contributed by atoms with Crippen molar-refractivity contribution in [3.63, 3.8) is 0 Å². The first kappa shape index (κ1) is 18.2. The molecule has 9 heteroatoms. The highest BCUT2D eigenvalue weighted by atomic mass is 19.1. The van der Waals surface area contributed by atoms with Gasteiger partial charge in [0.1, 0.15) is 40.8 Å². The van der Waals surface area contributed by atoms with Crippen LogP contribution >= 0.6 is 0 Å². The van der Waals surface area contributed by atoms with Crippen LogP contribution in [0.4, 0.5) is 25.1 Å². The molecule has 1 aromatic heterocycles.